The van der Waals surface area contributed by atoms with Crippen LogP contribution in [0.4, 0.5) is 13.2 Å². The minimum absolute atomic E-state index is 0.0354. The third kappa shape index (κ3) is 4.54. The van der Waals surface area contributed by atoms with Crippen molar-refractivity contribution in [2.45, 2.75) is 31.1 Å². The van der Waals surface area contributed by atoms with E-state index in [1.807, 2.05) is 18.2 Å². The molecule has 4 aromatic rings. The predicted octanol–water partition coefficient (Wildman–Crippen LogP) is 5.24. The number of para-hydroxylation sites is 1. The van der Waals surface area contributed by atoms with Gasteiger partial charge in [0.05, 0.1) is 17.0 Å². The summed E-state index contributed by atoms with van der Waals surface area (Å²) < 4.78 is 41.4. The van der Waals surface area contributed by atoms with Gasteiger partial charge >= 0.3 is 6.18 Å². The van der Waals surface area contributed by atoms with Gasteiger partial charge in [-0.25, -0.2) is 4.98 Å². The highest BCUT2D eigenvalue weighted by Gasteiger charge is 2.31. The lowest BCUT2D eigenvalue weighted by atomic mass is 9.99. The number of aromatic nitrogens is 3. The van der Waals surface area contributed by atoms with Gasteiger partial charge in [0.1, 0.15) is 11.0 Å². The molecule has 5 rings (SSSR count). The number of H-pyrrole nitrogens is 1. The molecule has 6 nitrogen and oxygen atoms in total. The number of rotatable bonds is 4. The molecule has 2 aromatic heterocycles. The zero-order chi connectivity index (χ0) is 24.7. The van der Waals surface area contributed by atoms with Crippen molar-refractivity contribution in [1.82, 2.24) is 19.4 Å². The largest absolute Gasteiger partial charge is 0.416 e. The Morgan fingerprint density at radius 2 is 1.89 bits per heavy atom. The van der Waals surface area contributed by atoms with Gasteiger partial charge < -0.3 is 9.88 Å². The maximum Gasteiger partial charge on any atom is 0.416 e. The number of halogens is 3. The monoisotopic (exact) mass is 500 g/mol. The second kappa shape index (κ2) is 9.07. The summed E-state index contributed by atoms with van der Waals surface area (Å²) in [6, 6.07) is 11.8. The van der Waals surface area contributed by atoms with E-state index in [0.717, 1.165) is 46.7 Å². The van der Waals surface area contributed by atoms with Crippen LogP contribution in [0.15, 0.2) is 58.5 Å². The molecule has 0 saturated carbocycles. The molecule has 0 unspecified atom stereocenters. The Balaban J connectivity index is 1.60. The number of benzene rings is 2. The minimum atomic E-state index is -4.56. The smallest absolute Gasteiger partial charge is 0.349 e. The van der Waals surface area contributed by atoms with Crippen molar-refractivity contribution in [3.8, 4) is 5.69 Å². The van der Waals surface area contributed by atoms with Gasteiger partial charge in [0, 0.05) is 24.0 Å². The van der Waals surface area contributed by atoms with Crippen molar-refractivity contribution in [3.05, 3.63) is 64.4 Å². The standard InChI is InChI=1S/C25H23F3N4O2S/c1-15-9-11-31(12-10-15)20(33)14-35-24-30-21-18-7-2-3-8-19(18)29-22(21)23(34)32(24)17-6-4-5-16(13-17)25(26,27)28/h2-8,13,15,29H,9-12,14H2,1H3. The molecule has 0 radical (unpaired) electrons. The van der Waals surface area contributed by atoms with Gasteiger partial charge in [0.15, 0.2) is 5.16 Å². The van der Waals surface area contributed by atoms with Gasteiger partial charge in [-0.05, 0) is 43.0 Å². The van der Waals surface area contributed by atoms with Crippen molar-refractivity contribution >= 4 is 39.6 Å². The number of thioether (sulfide) groups is 1. The van der Waals surface area contributed by atoms with Gasteiger partial charge in [-0.2, -0.15) is 13.2 Å². The number of alkyl halides is 3. The normalized spacial score (nSPS) is 15.3. The van der Waals surface area contributed by atoms with Crippen LogP contribution in [0.5, 0.6) is 0 Å². The first kappa shape index (κ1) is 23.5. The Labute approximate surface area is 203 Å². The van der Waals surface area contributed by atoms with E-state index in [1.165, 1.54) is 12.1 Å². The number of likely N-dealkylation sites (tertiary alicyclic amines) is 1. The molecule has 1 amide bonds. The maximum atomic E-state index is 13.6. The highest BCUT2D eigenvalue weighted by Crippen LogP contribution is 2.32. The van der Waals surface area contributed by atoms with Crippen LogP contribution >= 0.6 is 11.8 Å². The van der Waals surface area contributed by atoms with Gasteiger partial charge in [-0.3, -0.25) is 14.2 Å². The van der Waals surface area contributed by atoms with Crippen molar-refractivity contribution < 1.29 is 18.0 Å². The zero-order valence-corrected chi connectivity index (χ0v) is 19.7. The van der Waals surface area contributed by atoms with Crippen molar-refractivity contribution in [2.75, 3.05) is 18.8 Å². The number of hydrogen-bond acceptors (Lipinski definition) is 4. The van der Waals surface area contributed by atoms with Crippen molar-refractivity contribution in [2.24, 2.45) is 5.92 Å². The first-order valence-corrected chi connectivity index (χ1v) is 12.3. The average Bonchev–Trinajstić information content (AvgIpc) is 3.22. The molecule has 1 aliphatic rings. The molecule has 10 heteroatoms. The van der Waals surface area contributed by atoms with E-state index in [-0.39, 0.29) is 28.0 Å². The average molecular weight is 501 g/mol. The lowest BCUT2D eigenvalue weighted by Gasteiger charge is -2.30. The van der Waals surface area contributed by atoms with Gasteiger partial charge in [-0.15, -0.1) is 0 Å². The number of aromatic amines is 1. The predicted molar refractivity (Wildman–Crippen MR) is 130 cm³/mol. The Morgan fingerprint density at radius 3 is 2.63 bits per heavy atom. The molecule has 1 fully saturated rings. The van der Waals surface area contributed by atoms with Crippen LogP contribution in [-0.4, -0.2) is 44.2 Å². The molecular weight excluding hydrogens is 477 g/mol. The number of carbonyl (C=O) groups is 1. The minimum Gasteiger partial charge on any atom is -0.349 e. The van der Waals surface area contributed by atoms with E-state index in [2.05, 4.69) is 16.9 Å². The summed E-state index contributed by atoms with van der Waals surface area (Å²) in [4.78, 5) is 35.9. The van der Waals surface area contributed by atoms with Crippen LogP contribution in [0.3, 0.4) is 0 Å². The van der Waals surface area contributed by atoms with Gasteiger partial charge in [-0.1, -0.05) is 43.0 Å². The van der Waals surface area contributed by atoms with E-state index in [0.29, 0.717) is 30.0 Å². The summed E-state index contributed by atoms with van der Waals surface area (Å²) in [5, 5.41) is 0.902. The Kier molecular flexibility index (Phi) is 6.08. The molecule has 0 bridgehead atoms. The highest BCUT2D eigenvalue weighted by molar-refractivity contribution is 7.99. The summed E-state index contributed by atoms with van der Waals surface area (Å²) in [5.74, 6) is 0.530. The summed E-state index contributed by atoms with van der Waals surface area (Å²) in [5.41, 5.74) is -0.0248. The first-order valence-electron chi connectivity index (χ1n) is 11.3. The van der Waals surface area contributed by atoms with Crippen molar-refractivity contribution in [1.29, 1.82) is 0 Å². The summed E-state index contributed by atoms with van der Waals surface area (Å²) in [7, 11) is 0. The van der Waals surface area contributed by atoms with Gasteiger partial charge in [0.2, 0.25) is 5.91 Å². The second-order valence-electron chi connectivity index (χ2n) is 8.83. The number of amides is 1. The molecule has 0 spiro atoms. The Morgan fingerprint density at radius 1 is 1.14 bits per heavy atom. The molecule has 1 aliphatic heterocycles. The fourth-order valence-corrected chi connectivity index (χ4v) is 5.27. The lowest BCUT2D eigenvalue weighted by molar-refractivity contribution is -0.137. The van der Waals surface area contributed by atoms with E-state index < -0.39 is 17.3 Å². The van der Waals surface area contributed by atoms with Crippen LogP contribution in [0.1, 0.15) is 25.3 Å². The van der Waals surface area contributed by atoms with Crippen LogP contribution in [0.2, 0.25) is 0 Å². The fourth-order valence-electron chi connectivity index (χ4n) is 4.36. The zero-order valence-electron chi connectivity index (χ0n) is 18.9. The Bertz CT molecular complexity index is 1470. The molecule has 0 atom stereocenters. The number of fused-ring (bicyclic) bond motifs is 3. The quantitative estimate of drug-likeness (QED) is 0.308. The van der Waals surface area contributed by atoms with E-state index in [9.17, 15) is 22.8 Å². The second-order valence-corrected chi connectivity index (χ2v) is 9.77. The summed E-state index contributed by atoms with van der Waals surface area (Å²) in [6.45, 7) is 3.51. The van der Waals surface area contributed by atoms with Crippen LogP contribution in [-0.2, 0) is 11.0 Å². The number of carbonyl (C=O) groups excluding carboxylic acids is 1. The third-order valence-electron chi connectivity index (χ3n) is 6.39. The van der Waals surface area contributed by atoms with Crippen molar-refractivity contribution in [3.63, 3.8) is 0 Å². The molecule has 3 heterocycles. The van der Waals surface area contributed by atoms with E-state index in [4.69, 9.17) is 0 Å². The van der Waals surface area contributed by atoms with E-state index in [1.54, 1.807) is 11.0 Å². The maximum absolute atomic E-state index is 13.6. The molecule has 182 valence electrons. The summed E-state index contributed by atoms with van der Waals surface area (Å²) >= 11 is 1.06. The molecule has 1 saturated heterocycles. The fraction of sp³-hybridized carbons (Fsp3) is 0.320. The molecule has 2 aromatic carbocycles. The highest BCUT2D eigenvalue weighted by atomic mass is 32.2. The third-order valence-corrected chi connectivity index (χ3v) is 7.31. The van der Waals surface area contributed by atoms with E-state index >= 15 is 0 Å². The molecule has 0 aliphatic carbocycles. The first-order chi connectivity index (χ1) is 16.7. The molecule has 35 heavy (non-hydrogen) atoms. The topological polar surface area (TPSA) is 71.0 Å². The number of nitrogens with zero attached hydrogens (tertiary/aromatic N) is 3. The van der Waals surface area contributed by atoms with Crippen LogP contribution in [0, 0.1) is 5.92 Å². The summed E-state index contributed by atoms with van der Waals surface area (Å²) in [6.07, 6.45) is -2.69. The number of piperidine rings is 1. The lowest BCUT2D eigenvalue weighted by Crippen LogP contribution is -2.39. The SMILES string of the molecule is CC1CCN(C(=O)CSc2nc3c([nH]c4ccccc43)c(=O)n2-c2cccc(C(F)(F)F)c2)CC1. The van der Waals surface area contributed by atoms with Crippen LogP contribution < -0.4 is 5.56 Å². The number of nitrogens with one attached hydrogen (secondary N) is 1. The van der Waals surface area contributed by atoms with Gasteiger partial charge in [0.25, 0.3) is 5.56 Å². The molecular formula is C25H23F3N4O2S. The van der Waals surface area contributed by atoms with Crippen LogP contribution in [0.25, 0.3) is 27.6 Å². The number of hydrogen-bond donors (Lipinski definition) is 1. The molecule has 1 N–H and O–H groups in total. The Hall–Kier alpha value is -3.27.